The molecule has 0 N–H and O–H groups in total. The van der Waals surface area contributed by atoms with Gasteiger partial charge >= 0.3 is 0 Å². The van der Waals surface area contributed by atoms with Crippen LogP contribution in [-0.2, 0) is 4.79 Å². The van der Waals surface area contributed by atoms with Gasteiger partial charge in [0.25, 0.3) is 0 Å². The molecule has 0 aliphatic carbocycles. The summed E-state index contributed by atoms with van der Waals surface area (Å²) in [5, 5.41) is 1.33. The lowest BCUT2D eigenvalue weighted by Gasteiger charge is -2.21. The summed E-state index contributed by atoms with van der Waals surface area (Å²) in [7, 11) is 7.29. The van der Waals surface area contributed by atoms with E-state index in [0.717, 1.165) is 28.3 Å². The van der Waals surface area contributed by atoms with Crippen LogP contribution in [0.5, 0.6) is 11.5 Å². The molecular weight excluding hydrogens is 489 g/mol. The summed E-state index contributed by atoms with van der Waals surface area (Å²) in [6.07, 6.45) is 0.842. The van der Waals surface area contributed by atoms with Crippen molar-refractivity contribution in [3.05, 3.63) is 41.4 Å². The molecule has 10 heteroatoms. The average Bonchev–Trinajstić information content (AvgIpc) is 3.20. The van der Waals surface area contributed by atoms with E-state index in [1.807, 2.05) is 50.5 Å². The van der Waals surface area contributed by atoms with Crippen molar-refractivity contribution in [2.75, 3.05) is 52.1 Å². The largest absolute Gasteiger partial charge is 0.495 e. The first-order chi connectivity index (χ1) is 14.9. The molecule has 0 saturated heterocycles. The number of thioether (sulfide) groups is 1. The highest BCUT2D eigenvalue weighted by molar-refractivity contribution is 8.00. The first kappa shape index (κ1) is 26.5. The van der Waals surface area contributed by atoms with Gasteiger partial charge in [-0.3, -0.25) is 9.69 Å². The number of rotatable bonds is 10. The molecule has 32 heavy (non-hydrogen) atoms. The molecule has 0 saturated carbocycles. The number of methoxy groups -OCH3 is 2. The highest BCUT2D eigenvalue weighted by atomic mass is 35.5. The number of ether oxygens (including phenoxy) is 2. The first-order valence-corrected chi connectivity index (χ1v) is 12.0. The van der Waals surface area contributed by atoms with Crippen LogP contribution in [0.4, 0.5) is 5.13 Å². The van der Waals surface area contributed by atoms with Crippen LogP contribution < -0.4 is 14.4 Å². The Hall–Kier alpha value is -1.71. The van der Waals surface area contributed by atoms with E-state index in [2.05, 4.69) is 4.90 Å². The van der Waals surface area contributed by atoms with Crippen molar-refractivity contribution in [2.45, 2.75) is 11.3 Å². The Morgan fingerprint density at radius 1 is 1.06 bits per heavy atom. The number of thiazole rings is 1. The van der Waals surface area contributed by atoms with Gasteiger partial charge in [0, 0.05) is 16.5 Å². The summed E-state index contributed by atoms with van der Waals surface area (Å²) >= 11 is 8.89. The number of halogens is 2. The monoisotopic (exact) mass is 515 g/mol. The number of carbonyl (C=O) groups excluding carboxylic acids is 1. The second kappa shape index (κ2) is 12.5. The van der Waals surface area contributed by atoms with E-state index in [-0.39, 0.29) is 18.3 Å². The first-order valence-electron chi connectivity index (χ1n) is 9.78. The van der Waals surface area contributed by atoms with E-state index in [1.165, 1.54) is 23.1 Å². The van der Waals surface area contributed by atoms with E-state index < -0.39 is 0 Å². The van der Waals surface area contributed by atoms with Gasteiger partial charge in [0.1, 0.15) is 21.7 Å². The Morgan fingerprint density at radius 2 is 1.72 bits per heavy atom. The molecule has 0 atom stereocenters. The van der Waals surface area contributed by atoms with Gasteiger partial charge in [-0.15, -0.1) is 24.2 Å². The Kier molecular flexibility index (Phi) is 10.4. The summed E-state index contributed by atoms with van der Waals surface area (Å²) in [4.78, 5) is 22.9. The highest BCUT2D eigenvalue weighted by Gasteiger charge is 2.22. The van der Waals surface area contributed by atoms with E-state index in [9.17, 15) is 4.79 Å². The molecule has 1 heterocycles. The SMILES string of the molecule is COc1ccc(OC)c2sc(N(CCCN(C)C)C(=O)CSc3ccc(Cl)cc3)nc12.Cl. The number of anilines is 1. The van der Waals surface area contributed by atoms with Gasteiger partial charge in [-0.2, -0.15) is 0 Å². The van der Waals surface area contributed by atoms with Gasteiger partial charge in [0.15, 0.2) is 5.13 Å². The van der Waals surface area contributed by atoms with Crippen LogP contribution in [0.25, 0.3) is 10.2 Å². The molecule has 3 rings (SSSR count). The van der Waals surface area contributed by atoms with Crippen molar-refractivity contribution in [1.29, 1.82) is 0 Å². The van der Waals surface area contributed by atoms with Gasteiger partial charge in [-0.1, -0.05) is 22.9 Å². The number of nitrogens with zero attached hydrogens (tertiary/aromatic N) is 3. The molecule has 0 aliphatic rings. The van der Waals surface area contributed by atoms with Crippen LogP contribution in [0.15, 0.2) is 41.3 Å². The van der Waals surface area contributed by atoms with Crippen molar-refractivity contribution in [3.63, 3.8) is 0 Å². The molecular formula is C22H27Cl2N3O3S2. The fraction of sp³-hybridized carbons (Fsp3) is 0.364. The van der Waals surface area contributed by atoms with E-state index in [4.69, 9.17) is 26.1 Å². The maximum atomic E-state index is 13.2. The summed E-state index contributed by atoms with van der Waals surface area (Å²) in [5.74, 6) is 1.70. The summed E-state index contributed by atoms with van der Waals surface area (Å²) in [6.45, 7) is 1.47. The Balaban J connectivity index is 0.00000363. The van der Waals surface area contributed by atoms with Crippen molar-refractivity contribution < 1.29 is 14.3 Å². The van der Waals surface area contributed by atoms with Crippen LogP contribution in [0.2, 0.25) is 5.02 Å². The Bertz CT molecular complexity index is 988. The molecule has 0 bridgehead atoms. The third-order valence-corrected chi connectivity index (χ3v) is 6.94. The molecule has 6 nitrogen and oxygen atoms in total. The smallest absolute Gasteiger partial charge is 0.239 e. The standard InChI is InChI=1S/C22H26ClN3O3S2.ClH/c1-25(2)12-5-13-26(19(27)14-30-16-8-6-15(23)7-9-16)22-24-20-17(28-3)10-11-18(29-4)21(20)31-22;/h6-11H,5,12-14H2,1-4H3;1H. The molecule has 0 unspecified atom stereocenters. The van der Waals surface area contributed by atoms with Crippen LogP contribution in [-0.4, -0.2) is 62.9 Å². The second-order valence-electron chi connectivity index (χ2n) is 7.09. The molecule has 0 spiro atoms. The zero-order valence-corrected chi connectivity index (χ0v) is 21.7. The molecule has 1 aromatic heterocycles. The number of carbonyl (C=O) groups is 1. The summed E-state index contributed by atoms with van der Waals surface area (Å²) < 4.78 is 11.8. The van der Waals surface area contributed by atoms with Crippen molar-refractivity contribution in [3.8, 4) is 11.5 Å². The highest BCUT2D eigenvalue weighted by Crippen LogP contribution is 2.40. The molecule has 174 valence electrons. The maximum absolute atomic E-state index is 13.2. The van der Waals surface area contributed by atoms with Gasteiger partial charge in [-0.25, -0.2) is 4.98 Å². The predicted molar refractivity (Wildman–Crippen MR) is 138 cm³/mol. The molecule has 0 fully saturated rings. The zero-order valence-electron chi connectivity index (χ0n) is 18.5. The van der Waals surface area contributed by atoms with Gasteiger partial charge < -0.3 is 14.4 Å². The van der Waals surface area contributed by atoms with Crippen molar-refractivity contribution in [2.24, 2.45) is 0 Å². The van der Waals surface area contributed by atoms with Gasteiger partial charge in [-0.05, 0) is 63.5 Å². The normalized spacial score (nSPS) is 10.8. The van der Waals surface area contributed by atoms with E-state index in [0.29, 0.717) is 33.7 Å². The number of hydrogen-bond acceptors (Lipinski definition) is 7. The van der Waals surface area contributed by atoms with Crippen LogP contribution in [0, 0.1) is 0 Å². The minimum absolute atomic E-state index is 0. The van der Waals surface area contributed by atoms with Crippen LogP contribution in [0.3, 0.4) is 0 Å². The molecule has 2 aromatic carbocycles. The third kappa shape index (κ3) is 6.65. The van der Waals surface area contributed by atoms with E-state index in [1.54, 1.807) is 19.1 Å². The third-order valence-electron chi connectivity index (χ3n) is 4.59. The fourth-order valence-corrected chi connectivity index (χ4v) is 5.03. The number of aromatic nitrogens is 1. The lowest BCUT2D eigenvalue weighted by Crippen LogP contribution is -2.34. The van der Waals surface area contributed by atoms with Gasteiger partial charge in [0.05, 0.1) is 20.0 Å². The maximum Gasteiger partial charge on any atom is 0.239 e. The Labute approximate surface area is 208 Å². The van der Waals surface area contributed by atoms with E-state index >= 15 is 0 Å². The predicted octanol–water partition coefficient (Wildman–Crippen LogP) is 5.47. The molecule has 0 aliphatic heterocycles. The fourth-order valence-electron chi connectivity index (χ4n) is 3.02. The minimum Gasteiger partial charge on any atom is -0.495 e. The Morgan fingerprint density at radius 3 is 2.34 bits per heavy atom. The topological polar surface area (TPSA) is 54.9 Å². The lowest BCUT2D eigenvalue weighted by molar-refractivity contribution is -0.116. The number of benzene rings is 2. The quantitative estimate of drug-likeness (QED) is 0.334. The second-order valence-corrected chi connectivity index (χ2v) is 9.55. The average molecular weight is 517 g/mol. The molecule has 0 radical (unpaired) electrons. The van der Waals surface area contributed by atoms with Gasteiger partial charge in [0.2, 0.25) is 5.91 Å². The van der Waals surface area contributed by atoms with Crippen molar-refractivity contribution in [1.82, 2.24) is 9.88 Å². The zero-order chi connectivity index (χ0) is 22.4. The number of hydrogen-bond donors (Lipinski definition) is 0. The summed E-state index contributed by atoms with van der Waals surface area (Å²) in [6, 6.07) is 11.2. The lowest BCUT2D eigenvalue weighted by atomic mass is 10.3. The minimum atomic E-state index is 0. The molecule has 3 aromatic rings. The number of fused-ring (bicyclic) bond motifs is 1. The van der Waals surface area contributed by atoms with Crippen LogP contribution >= 0.6 is 47.1 Å². The molecule has 1 amide bonds. The van der Waals surface area contributed by atoms with Crippen LogP contribution in [0.1, 0.15) is 6.42 Å². The van der Waals surface area contributed by atoms with Crippen molar-refractivity contribution >= 4 is 68.4 Å². The number of amides is 1. The summed E-state index contributed by atoms with van der Waals surface area (Å²) in [5.41, 5.74) is 0.706.